The lowest BCUT2D eigenvalue weighted by molar-refractivity contribution is 0.413. The minimum atomic E-state index is -2.62. The van der Waals surface area contributed by atoms with E-state index in [1.165, 1.54) is 0 Å². The van der Waals surface area contributed by atoms with Gasteiger partial charge in [-0.3, -0.25) is 0 Å². The van der Waals surface area contributed by atoms with Crippen LogP contribution in [-0.4, -0.2) is 0 Å². The van der Waals surface area contributed by atoms with E-state index in [1.807, 2.05) is 64.1 Å². The van der Waals surface area contributed by atoms with Gasteiger partial charge in [0, 0.05) is 0 Å². The van der Waals surface area contributed by atoms with Crippen LogP contribution >= 0.6 is 8.25 Å². The van der Waals surface area contributed by atoms with Crippen LogP contribution in [0.1, 0.15) is 22.3 Å². The summed E-state index contributed by atoms with van der Waals surface area (Å²) in [5.74, 6) is 1.22. The summed E-state index contributed by atoms with van der Waals surface area (Å²) in [6.07, 6.45) is 0. The Labute approximate surface area is 120 Å². The summed E-state index contributed by atoms with van der Waals surface area (Å²) < 4.78 is 22.9. The molecule has 0 saturated heterocycles. The Morgan fingerprint density at radius 3 is 1.55 bits per heavy atom. The van der Waals surface area contributed by atoms with Gasteiger partial charge in [-0.05, 0) is 62.1 Å². The fourth-order valence-electron chi connectivity index (χ4n) is 1.83. The van der Waals surface area contributed by atoms with Gasteiger partial charge in [0.15, 0.2) is 0 Å². The maximum atomic E-state index is 12.0. The molecule has 0 N–H and O–H groups in total. The molecule has 4 heteroatoms. The lowest BCUT2D eigenvalue weighted by atomic mass is 10.1. The molecule has 0 bridgehead atoms. The summed E-state index contributed by atoms with van der Waals surface area (Å²) in [4.78, 5) is 0. The Balaban J connectivity index is 2.13. The van der Waals surface area contributed by atoms with E-state index in [4.69, 9.17) is 9.05 Å². The first-order valence-electron chi connectivity index (χ1n) is 6.50. The van der Waals surface area contributed by atoms with Gasteiger partial charge in [0.1, 0.15) is 11.5 Å². The van der Waals surface area contributed by atoms with Crippen LogP contribution in [-0.2, 0) is 4.57 Å². The molecule has 0 atom stereocenters. The molecule has 0 aromatic heterocycles. The molecule has 0 amide bonds. The van der Waals surface area contributed by atoms with Crippen molar-refractivity contribution in [1.29, 1.82) is 0 Å². The number of benzene rings is 2. The van der Waals surface area contributed by atoms with Gasteiger partial charge in [-0.1, -0.05) is 24.3 Å². The molecule has 106 valence electrons. The van der Waals surface area contributed by atoms with Crippen molar-refractivity contribution in [2.45, 2.75) is 27.7 Å². The van der Waals surface area contributed by atoms with Gasteiger partial charge in [0.25, 0.3) is 0 Å². The quantitative estimate of drug-likeness (QED) is 0.761. The molecule has 20 heavy (non-hydrogen) atoms. The Hall–Kier alpha value is -1.73. The maximum absolute atomic E-state index is 12.0. The van der Waals surface area contributed by atoms with Crippen LogP contribution in [0, 0.1) is 27.7 Å². The zero-order valence-corrected chi connectivity index (χ0v) is 13.2. The number of hydrogen-bond acceptors (Lipinski definition) is 3. The summed E-state index contributed by atoms with van der Waals surface area (Å²) >= 11 is 0. The smallest absolute Gasteiger partial charge is 0.418 e. The number of rotatable bonds is 4. The summed E-state index contributed by atoms with van der Waals surface area (Å²) in [6.45, 7) is 7.77. The monoisotopic (exact) mass is 290 g/mol. The maximum Gasteiger partial charge on any atom is 0.418 e. The van der Waals surface area contributed by atoms with Gasteiger partial charge < -0.3 is 9.05 Å². The molecular formula is C16H19O3P. The fraction of sp³-hybridized carbons (Fsp3) is 0.250. The molecule has 0 spiro atoms. The van der Waals surface area contributed by atoms with Crippen LogP contribution in [0.15, 0.2) is 36.4 Å². The van der Waals surface area contributed by atoms with Gasteiger partial charge in [-0.2, -0.15) is 0 Å². The largest absolute Gasteiger partial charge is 0.418 e. The molecule has 0 fully saturated rings. The van der Waals surface area contributed by atoms with Gasteiger partial charge >= 0.3 is 8.25 Å². The molecule has 0 saturated carbocycles. The molecule has 0 aliphatic rings. The van der Waals surface area contributed by atoms with Crippen molar-refractivity contribution in [1.82, 2.24) is 0 Å². The van der Waals surface area contributed by atoms with Gasteiger partial charge in [-0.25, -0.2) is 4.57 Å². The van der Waals surface area contributed by atoms with Crippen molar-refractivity contribution in [3.8, 4) is 11.5 Å². The van der Waals surface area contributed by atoms with Crippen molar-refractivity contribution >= 4 is 8.25 Å². The van der Waals surface area contributed by atoms with Crippen LogP contribution < -0.4 is 9.05 Å². The zero-order chi connectivity index (χ0) is 14.7. The Kier molecular flexibility index (Phi) is 4.51. The molecule has 0 aliphatic carbocycles. The highest BCUT2D eigenvalue weighted by Gasteiger charge is 2.09. The van der Waals surface area contributed by atoms with Crippen LogP contribution in [0.5, 0.6) is 11.5 Å². The van der Waals surface area contributed by atoms with Crippen molar-refractivity contribution in [3.05, 3.63) is 58.7 Å². The summed E-state index contributed by atoms with van der Waals surface area (Å²) in [7, 11) is -2.62. The third kappa shape index (κ3) is 3.64. The zero-order valence-electron chi connectivity index (χ0n) is 12.2. The van der Waals surface area contributed by atoms with E-state index >= 15 is 0 Å². The lowest BCUT2D eigenvalue weighted by Gasteiger charge is -2.12. The van der Waals surface area contributed by atoms with E-state index in [9.17, 15) is 4.57 Å². The highest BCUT2D eigenvalue weighted by Crippen LogP contribution is 2.34. The predicted molar refractivity (Wildman–Crippen MR) is 82.1 cm³/mol. The molecule has 0 aliphatic heterocycles. The first kappa shape index (κ1) is 14.7. The van der Waals surface area contributed by atoms with Gasteiger partial charge in [-0.15, -0.1) is 0 Å². The van der Waals surface area contributed by atoms with Crippen molar-refractivity contribution in [2.24, 2.45) is 0 Å². The minimum absolute atomic E-state index is 0.610. The second-order valence-corrected chi connectivity index (χ2v) is 5.90. The van der Waals surface area contributed by atoms with Gasteiger partial charge in [0.05, 0.1) is 0 Å². The number of aryl methyl sites for hydroxylation is 4. The van der Waals surface area contributed by atoms with Crippen molar-refractivity contribution < 1.29 is 13.6 Å². The third-order valence-electron chi connectivity index (χ3n) is 3.07. The van der Waals surface area contributed by atoms with Crippen molar-refractivity contribution in [3.63, 3.8) is 0 Å². The molecule has 0 radical (unpaired) electrons. The molecular weight excluding hydrogens is 271 g/mol. The Morgan fingerprint density at radius 2 is 1.15 bits per heavy atom. The van der Waals surface area contributed by atoms with Gasteiger partial charge in [0.2, 0.25) is 0 Å². The number of hydrogen-bond donors (Lipinski definition) is 0. The first-order chi connectivity index (χ1) is 9.45. The molecule has 3 nitrogen and oxygen atoms in total. The van der Waals surface area contributed by atoms with E-state index in [1.54, 1.807) is 0 Å². The highest BCUT2D eigenvalue weighted by molar-refractivity contribution is 7.34. The van der Waals surface area contributed by atoms with Crippen LogP contribution in [0.3, 0.4) is 0 Å². The summed E-state index contributed by atoms with van der Waals surface area (Å²) in [5, 5.41) is 0. The first-order valence-corrected chi connectivity index (χ1v) is 7.72. The highest BCUT2D eigenvalue weighted by atomic mass is 31.1. The SMILES string of the molecule is Cc1ccc(C)c(O[PH](=O)Oc2cc(C)ccc2C)c1. The Bertz CT molecular complexity index is 595. The topological polar surface area (TPSA) is 35.5 Å². The lowest BCUT2D eigenvalue weighted by Crippen LogP contribution is -1.93. The molecule has 2 aromatic carbocycles. The summed E-state index contributed by atoms with van der Waals surface area (Å²) in [6, 6.07) is 11.6. The van der Waals surface area contributed by atoms with E-state index in [-0.39, 0.29) is 0 Å². The predicted octanol–water partition coefficient (Wildman–Crippen LogP) is 4.77. The van der Waals surface area contributed by atoms with E-state index < -0.39 is 8.25 Å². The van der Waals surface area contributed by atoms with E-state index in [0.717, 1.165) is 22.3 Å². The molecule has 2 rings (SSSR count). The average Bonchev–Trinajstić information content (AvgIpc) is 2.38. The summed E-state index contributed by atoms with van der Waals surface area (Å²) in [5.41, 5.74) is 4.01. The average molecular weight is 290 g/mol. The minimum Gasteiger partial charge on any atom is -0.418 e. The standard InChI is InChI=1S/C16H19O3P/c1-11-5-7-13(3)15(9-11)18-20(17)19-16-10-12(2)6-8-14(16)4/h5-10,20H,1-4H3. The van der Waals surface area contributed by atoms with E-state index in [0.29, 0.717) is 11.5 Å². The second kappa shape index (κ2) is 6.15. The Morgan fingerprint density at radius 1 is 0.750 bits per heavy atom. The fourth-order valence-corrected chi connectivity index (χ4v) is 2.68. The van der Waals surface area contributed by atoms with E-state index in [2.05, 4.69) is 0 Å². The van der Waals surface area contributed by atoms with Crippen molar-refractivity contribution in [2.75, 3.05) is 0 Å². The molecule has 2 aromatic rings. The normalized spacial score (nSPS) is 10.7. The second-order valence-electron chi connectivity index (χ2n) is 4.99. The van der Waals surface area contributed by atoms with Crippen LogP contribution in [0.2, 0.25) is 0 Å². The third-order valence-corrected chi connectivity index (χ3v) is 3.85. The van der Waals surface area contributed by atoms with Crippen LogP contribution in [0.25, 0.3) is 0 Å². The van der Waals surface area contributed by atoms with Crippen LogP contribution in [0.4, 0.5) is 0 Å². The molecule has 0 heterocycles. The molecule has 0 unspecified atom stereocenters.